The van der Waals surface area contributed by atoms with Crippen LogP contribution in [-0.2, 0) is 0 Å². The predicted octanol–water partition coefficient (Wildman–Crippen LogP) is 3.79. The highest BCUT2D eigenvalue weighted by atomic mass is 35.5. The Labute approximate surface area is 94.0 Å². The summed E-state index contributed by atoms with van der Waals surface area (Å²) < 4.78 is 0. The molecule has 0 amide bonds. The first-order valence-electron chi connectivity index (χ1n) is 3.74. The van der Waals surface area contributed by atoms with Gasteiger partial charge in [-0.3, -0.25) is 0 Å². The monoisotopic (exact) mass is 237 g/mol. The molecule has 0 aliphatic carbocycles. The van der Waals surface area contributed by atoms with Crippen LogP contribution in [0.3, 0.4) is 0 Å². The maximum absolute atomic E-state index is 5.92. The highest BCUT2D eigenvalue weighted by molar-refractivity contribution is 7.10. The molecule has 74 valence electrons. The Morgan fingerprint density at radius 1 is 1.77 bits per heavy atom. The molecule has 0 saturated carbocycles. The van der Waals surface area contributed by atoms with Gasteiger partial charge in [-0.2, -0.15) is 0 Å². The number of thiophene rings is 1. The third kappa shape index (κ3) is 3.69. The van der Waals surface area contributed by atoms with Crippen LogP contribution in [0.2, 0.25) is 5.02 Å². The lowest BCUT2D eigenvalue weighted by Gasteiger charge is -2.09. The van der Waals surface area contributed by atoms with Crippen molar-refractivity contribution in [3.63, 3.8) is 0 Å². The molecule has 1 nitrogen and oxygen atoms in total. The molecule has 0 saturated heterocycles. The molecule has 1 heterocycles. The Morgan fingerprint density at radius 2 is 2.38 bits per heavy atom. The molecule has 1 aromatic rings. The van der Waals surface area contributed by atoms with E-state index in [1.54, 1.807) is 11.3 Å². The largest absolute Gasteiger partial charge is 0.323 e. The van der Waals surface area contributed by atoms with Crippen LogP contribution < -0.4 is 5.73 Å². The molecule has 0 aliphatic rings. The fourth-order valence-electron chi connectivity index (χ4n) is 1.04. The van der Waals surface area contributed by atoms with Gasteiger partial charge in [0.25, 0.3) is 0 Å². The van der Waals surface area contributed by atoms with E-state index in [0.29, 0.717) is 0 Å². The first-order chi connectivity index (χ1) is 5.61. The van der Waals surface area contributed by atoms with E-state index in [1.807, 2.05) is 18.4 Å². The summed E-state index contributed by atoms with van der Waals surface area (Å²) >= 11 is 7.52. The first kappa shape index (κ1) is 13.0. The minimum Gasteiger partial charge on any atom is -0.323 e. The summed E-state index contributed by atoms with van der Waals surface area (Å²) in [5.74, 6) is 0. The molecule has 2 N–H and O–H groups in total. The fraction of sp³-hybridized carbons (Fsp3) is 0.333. The second-order valence-electron chi connectivity index (χ2n) is 2.90. The fourth-order valence-corrected chi connectivity index (χ4v) is 2.24. The molecular weight excluding hydrogens is 225 g/mol. The number of nitrogens with two attached hydrogens (primary N) is 1. The van der Waals surface area contributed by atoms with Gasteiger partial charge in [0.15, 0.2) is 0 Å². The average molecular weight is 238 g/mol. The van der Waals surface area contributed by atoms with Gasteiger partial charge in [0.2, 0.25) is 0 Å². The molecule has 0 bridgehead atoms. The molecule has 0 aromatic carbocycles. The molecule has 1 rings (SSSR count). The molecule has 1 aromatic heterocycles. The van der Waals surface area contributed by atoms with E-state index >= 15 is 0 Å². The maximum Gasteiger partial charge on any atom is 0.0561 e. The second-order valence-corrected chi connectivity index (χ2v) is 4.26. The summed E-state index contributed by atoms with van der Waals surface area (Å²) in [7, 11) is 0. The molecule has 0 unspecified atom stereocenters. The molecule has 0 aliphatic heterocycles. The van der Waals surface area contributed by atoms with Crippen molar-refractivity contribution in [1.82, 2.24) is 0 Å². The van der Waals surface area contributed by atoms with E-state index in [4.69, 9.17) is 17.3 Å². The Morgan fingerprint density at radius 3 is 2.77 bits per heavy atom. The molecule has 0 fully saturated rings. The lowest BCUT2D eigenvalue weighted by Crippen LogP contribution is -2.08. The summed E-state index contributed by atoms with van der Waals surface area (Å²) in [6.45, 7) is 5.79. The highest BCUT2D eigenvalue weighted by Crippen LogP contribution is 2.30. The minimum atomic E-state index is 0. The van der Waals surface area contributed by atoms with Crippen LogP contribution in [0.4, 0.5) is 0 Å². The van der Waals surface area contributed by atoms with Crippen molar-refractivity contribution in [2.75, 3.05) is 0 Å². The van der Waals surface area contributed by atoms with E-state index in [0.717, 1.165) is 21.9 Å². The maximum atomic E-state index is 5.92. The van der Waals surface area contributed by atoms with Gasteiger partial charge in [0, 0.05) is 10.9 Å². The summed E-state index contributed by atoms with van der Waals surface area (Å²) in [5.41, 5.74) is 7.00. The third-order valence-electron chi connectivity index (χ3n) is 1.55. The number of hydrogen-bond donors (Lipinski definition) is 1. The Bertz CT molecular complexity index is 283. The standard InChI is InChI=1S/C9H12ClNS.ClH/c1-6(2)5-8(11)9-7(10)3-4-12-9;/h3-4,8H,1,5,11H2,2H3;1H/t8-;/m0./s1. The van der Waals surface area contributed by atoms with Crippen molar-refractivity contribution in [3.8, 4) is 0 Å². The van der Waals surface area contributed by atoms with Crippen molar-refractivity contribution in [2.45, 2.75) is 19.4 Å². The molecule has 0 radical (unpaired) electrons. The summed E-state index contributed by atoms with van der Waals surface area (Å²) in [6.07, 6.45) is 0.806. The van der Waals surface area contributed by atoms with Crippen LogP contribution >= 0.6 is 35.3 Å². The van der Waals surface area contributed by atoms with Crippen LogP contribution in [0.1, 0.15) is 24.3 Å². The van der Waals surface area contributed by atoms with Gasteiger partial charge in [0.05, 0.1) is 5.02 Å². The van der Waals surface area contributed by atoms with E-state index in [1.165, 1.54) is 0 Å². The molecule has 13 heavy (non-hydrogen) atoms. The molecule has 4 heteroatoms. The van der Waals surface area contributed by atoms with Crippen molar-refractivity contribution >= 4 is 35.3 Å². The van der Waals surface area contributed by atoms with E-state index < -0.39 is 0 Å². The molecule has 1 atom stereocenters. The van der Waals surface area contributed by atoms with Gasteiger partial charge in [-0.15, -0.1) is 30.3 Å². The summed E-state index contributed by atoms with van der Waals surface area (Å²) in [5, 5.41) is 2.73. The lowest BCUT2D eigenvalue weighted by atomic mass is 10.1. The number of rotatable bonds is 3. The van der Waals surface area contributed by atoms with Gasteiger partial charge < -0.3 is 5.73 Å². The molecular formula is C9H13Cl2NS. The van der Waals surface area contributed by atoms with Crippen LogP contribution in [0.25, 0.3) is 0 Å². The highest BCUT2D eigenvalue weighted by Gasteiger charge is 2.10. The third-order valence-corrected chi connectivity index (χ3v) is 3.04. The minimum absolute atomic E-state index is 0. The van der Waals surface area contributed by atoms with E-state index in [9.17, 15) is 0 Å². The Balaban J connectivity index is 0.00000144. The normalized spacial score (nSPS) is 11.9. The van der Waals surface area contributed by atoms with Gasteiger partial charge in [0.1, 0.15) is 0 Å². The van der Waals surface area contributed by atoms with E-state index in [-0.39, 0.29) is 18.4 Å². The van der Waals surface area contributed by atoms with Gasteiger partial charge >= 0.3 is 0 Å². The summed E-state index contributed by atoms with van der Waals surface area (Å²) in [6, 6.07) is 1.88. The van der Waals surface area contributed by atoms with Gasteiger partial charge in [-0.05, 0) is 24.8 Å². The lowest BCUT2D eigenvalue weighted by molar-refractivity contribution is 0.731. The summed E-state index contributed by atoms with van der Waals surface area (Å²) in [4.78, 5) is 1.06. The SMILES string of the molecule is C=C(C)C[C@H](N)c1sccc1Cl.Cl. The van der Waals surface area contributed by atoms with Crippen LogP contribution in [0.5, 0.6) is 0 Å². The van der Waals surface area contributed by atoms with Crippen molar-refractivity contribution in [3.05, 3.63) is 33.5 Å². The smallest absolute Gasteiger partial charge is 0.0561 e. The zero-order valence-corrected chi connectivity index (χ0v) is 9.81. The van der Waals surface area contributed by atoms with Crippen molar-refractivity contribution in [2.24, 2.45) is 5.73 Å². The second kappa shape index (κ2) is 5.66. The van der Waals surface area contributed by atoms with Crippen molar-refractivity contribution < 1.29 is 0 Å². The first-order valence-corrected chi connectivity index (χ1v) is 5.00. The van der Waals surface area contributed by atoms with Crippen LogP contribution in [-0.4, -0.2) is 0 Å². The average Bonchev–Trinajstić information content (AvgIpc) is 2.33. The van der Waals surface area contributed by atoms with Crippen LogP contribution in [0.15, 0.2) is 23.6 Å². The Kier molecular flexibility index (Phi) is 5.65. The van der Waals surface area contributed by atoms with Crippen molar-refractivity contribution in [1.29, 1.82) is 0 Å². The molecule has 0 spiro atoms. The zero-order valence-electron chi connectivity index (χ0n) is 7.42. The van der Waals surface area contributed by atoms with E-state index in [2.05, 4.69) is 6.58 Å². The Hall–Kier alpha value is -0.0200. The quantitative estimate of drug-likeness (QED) is 0.796. The zero-order chi connectivity index (χ0) is 9.14. The number of hydrogen-bond acceptors (Lipinski definition) is 2. The van der Waals surface area contributed by atoms with Gasteiger partial charge in [-0.1, -0.05) is 17.2 Å². The topological polar surface area (TPSA) is 26.0 Å². The predicted molar refractivity (Wildman–Crippen MR) is 62.9 cm³/mol. The van der Waals surface area contributed by atoms with Gasteiger partial charge in [-0.25, -0.2) is 0 Å². The number of halogens is 2. The van der Waals surface area contributed by atoms with Crippen LogP contribution in [0, 0.1) is 0 Å².